The molecule has 0 bridgehead atoms. The standard InChI is InChI=1S/C36H39BrN5O/c1-35(2)27-12-9-10-13-29(27)40(5)31(35)19-25-33(23(21-38)22-39)26(34(25)43)20-32-36(3,4)28-18-24(37)14-15-30(28)41(32)16-11-17-42(6,7)8/h9-10,12-15,18-20H,11,16-17H2,1-8H3/q+1. The molecule has 3 aliphatic rings. The molecule has 0 fully saturated rings. The molecule has 6 nitrogen and oxygen atoms in total. The fraction of sp³-hybridized carbons (Fsp3) is 0.361. The number of nitriles is 1. The van der Waals surface area contributed by atoms with Gasteiger partial charge in [0.15, 0.2) is 11.5 Å². The predicted octanol–water partition coefficient (Wildman–Crippen LogP) is 6.73. The SMILES string of the molecule is C[N+]1=C(/C=C2\C(=O)C(/C=C3/N(CCC[N+](C)(C)C)c4ccc(Br)cc4C3(C)C)=C2C(=C=[N-])C#N)C(C)(C)c2ccccc21. The van der Waals surface area contributed by atoms with Crippen LogP contribution in [-0.4, -0.2) is 67.7 Å². The second-order valence-electron chi connectivity index (χ2n) is 13.7. The Morgan fingerprint density at radius 2 is 1.77 bits per heavy atom. The van der Waals surface area contributed by atoms with Crippen LogP contribution < -0.4 is 4.90 Å². The maximum Gasteiger partial charge on any atom is 0.209 e. The first-order valence-corrected chi connectivity index (χ1v) is 15.4. The summed E-state index contributed by atoms with van der Waals surface area (Å²) in [5.41, 5.74) is 7.02. The molecule has 5 rings (SSSR count). The lowest BCUT2D eigenvalue weighted by molar-refractivity contribution is -0.870. The van der Waals surface area contributed by atoms with Gasteiger partial charge < -0.3 is 14.8 Å². The zero-order chi connectivity index (χ0) is 31.5. The van der Waals surface area contributed by atoms with E-state index in [9.17, 15) is 15.5 Å². The van der Waals surface area contributed by atoms with Gasteiger partial charge in [0.2, 0.25) is 5.69 Å². The van der Waals surface area contributed by atoms with Crippen molar-refractivity contribution >= 4 is 44.7 Å². The second kappa shape index (κ2) is 10.7. The number of halogens is 1. The summed E-state index contributed by atoms with van der Waals surface area (Å²) in [6, 6.07) is 16.6. The van der Waals surface area contributed by atoms with E-state index >= 15 is 0 Å². The van der Waals surface area contributed by atoms with Gasteiger partial charge >= 0.3 is 0 Å². The third-order valence-electron chi connectivity index (χ3n) is 9.07. The van der Waals surface area contributed by atoms with Crippen LogP contribution in [0.15, 0.2) is 87.1 Å². The lowest BCUT2D eigenvalue weighted by atomic mass is 9.73. The van der Waals surface area contributed by atoms with Crippen LogP contribution in [0.5, 0.6) is 0 Å². The van der Waals surface area contributed by atoms with Gasteiger partial charge in [-0.2, -0.15) is 9.84 Å². The molecular weight excluding hydrogens is 598 g/mol. The summed E-state index contributed by atoms with van der Waals surface area (Å²) >= 11 is 3.65. The molecule has 2 aromatic carbocycles. The Kier molecular flexibility index (Phi) is 7.63. The molecule has 0 spiro atoms. The molecule has 0 N–H and O–H groups in total. The largest absolute Gasteiger partial charge is 0.762 e. The molecule has 43 heavy (non-hydrogen) atoms. The highest BCUT2D eigenvalue weighted by Crippen LogP contribution is 2.50. The Bertz CT molecular complexity index is 1780. The van der Waals surface area contributed by atoms with Crippen LogP contribution in [0.4, 0.5) is 11.4 Å². The number of nitrogens with zero attached hydrogens (tertiary/aromatic N) is 5. The summed E-state index contributed by atoms with van der Waals surface area (Å²) < 4.78 is 3.97. The van der Waals surface area contributed by atoms with E-state index in [4.69, 9.17) is 0 Å². The highest BCUT2D eigenvalue weighted by atomic mass is 79.9. The number of hydrogen-bond donors (Lipinski definition) is 0. The van der Waals surface area contributed by atoms with Crippen molar-refractivity contribution in [1.82, 2.24) is 0 Å². The summed E-state index contributed by atoms with van der Waals surface area (Å²) in [5.74, 6) is 1.93. The number of ketones is 1. The number of fused-ring (bicyclic) bond motifs is 2. The van der Waals surface area contributed by atoms with Crippen molar-refractivity contribution in [3.63, 3.8) is 0 Å². The molecule has 2 aliphatic heterocycles. The van der Waals surface area contributed by atoms with Gasteiger partial charge in [0.1, 0.15) is 13.1 Å². The van der Waals surface area contributed by atoms with Gasteiger partial charge in [-0.3, -0.25) is 4.79 Å². The van der Waals surface area contributed by atoms with Crippen molar-refractivity contribution in [3.05, 3.63) is 104 Å². The maximum atomic E-state index is 14.0. The Labute approximate surface area is 263 Å². The van der Waals surface area contributed by atoms with Crippen LogP contribution in [-0.2, 0) is 15.6 Å². The topological polar surface area (TPSA) is 69.4 Å². The summed E-state index contributed by atoms with van der Waals surface area (Å²) in [4.78, 5) is 16.3. The summed E-state index contributed by atoms with van der Waals surface area (Å²) in [6.07, 6.45) is 4.79. The molecule has 2 heterocycles. The van der Waals surface area contributed by atoms with Gasteiger partial charge in [0.05, 0.1) is 38.7 Å². The molecule has 7 heteroatoms. The number of quaternary nitrogens is 1. The minimum absolute atomic E-state index is 0.0399. The van der Waals surface area contributed by atoms with Gasteiger partial charge in [0, 0.05) is 68.7 Å². The lowest BCUT2D eigenvalue weighted by Crippen LogP contribution is -2.37. The molecule has 0 amide bonds. The number of hydrogen-bond acceptors (Lipinski definition) is 3. The zero-order valence-electron chi connectivity index (χ0n) is 26.3. The van der Waals surface area contributed by atoms with Gasteiger partial charge in [-0.05, 0) is 43.7 Å². The Morgan fingerprint density at radius 3 is 2.40 bits per heavy atom. The van der Waals surface area contributed by atoms with Crippen molar-refractivity contribution < 1.29 is 13.9 Å². The number of allylic oxidation sites excluding steroid dienone is 7. The quantitative estimate of drug-likeness (QED) is 0.111. The molecular formula is C36H39BrN5O+. The third kappa shape index (κ3) is 5.08. The van der Waals surface area contributed by atoms with E-state index in [1.54, 1.807) is 0 Å². The third-order valence-corrected chi connectivity index (χ3v) is 9.56. The van der Waals surface area contributed by atoms with E-state index < -0.39 is 5.41 Å². The fourth-order valence-corrected chi connectivity index (χ4v) is 7.08. The normalized spacial score (nSPS) is 20.3. The summed E-state index contributed by atoms with van der Waals surface area (Å²) in [6.45, 7) is 10.4. The molecule has 0 atom stereocenters. The molecule has 0 saturated heterocycles. The van der Waals surface area contributed by atoms with Crippen molar-refractivity contribution in [3.8, 4) is 6.07 Å². The van der Waals surface area contributed by atoms with Crippen LogP contribution in [0.2, 0.25) is 0 Å². The van der Waals surface area contributed by atoms with Crippen LogP contribution in [0.25, 0.3) is 5.41 Å². The minimum atomic E-state index is -0.392. The van der Waals surface area contributed by atoms with Gasteiger partial charge in [-0.15, -0.1) is 0 Å². The van der Waals surface area contributed by atoms with Crippen LogP contribution in [0.1, 0.15) is 45.2 Å². The van der Waals surface area contributed by atoms with Crippen LogP contribution >= 0.6 is 15.9 Å². The highest BCUT2D eigenvalue weighted by molar-refractivity contribution is 9.10. The first-order valence-electron chi connectivity index (χ1n) is 14.6. The van der Waals surface area contributed by atoms with Gasteiger partial charge in [0.25, 0.3) is 0 Å². The molecule has 2 aromatic rings. The van der Waals surface area contributed by atoms with Crippen molar-refractivity contribution in [2.24, 2.45) is 0 Å². The van der Waals surface area contributed by atoms with Crippen molar-refractivity contribution in [1.29, 1.82) is 5.26 Å². The average Bonchev–Trinajstić information content (AvgIpc) is 3.27. The van der Waals surface area contributed by atoms with E-state index in [0.717, 1.165) is 51.2 Å². The van der Waals surface area contributed by atoms with E-state index in [1.807, 2.05) is 31.3 Å². The highest BCUT2D eigenvalue weighted by Gasteiger charge is 2.46. The molecule has 0 saturated carbocycles. The number of Topliss-reactive ketones (excluding diaryl/α,β-unsaturated/α-hetero) is 1. The van der Waals surface area contributed by atoms with E-state index in [-0.39, 0.29) is 16.8 Å². The lowest BCUT2D eigenvalue weighted by Gasteiger charge is -2.31. The number of para-hydroxylation sites is 1. The Hall–Kier alpha value is -3.82. The second-order valence-corrected chi connectivity index (χ2v) is 14.6. The van der Waals surface area contributed by atoms with E-state index in [0.29, 0.717) is 16.7 Å². The van der Waals surface area contributed by atoms with Crippen LogP contribution in [0, 0.1) is 11.3 Å². The number of rotatable bonds is 7. The Balaban J connectivity index is 1.66. The number of carbonyl (C=O) groups is 1. The molecule has 1 aliphatic carbocycles. The average molecular weight is 638 g/mol. The predicted molar refractivity (Wildman–Crippen MR) is 178 cm³/mol. The molecule has 0 radical (unpaired) electrons. The van der Waals surface area contributed by atoms with E-state index in [2.05, 4.69) is 117 Å². The first kappa shape index (κ1) is 30.6. The smallest absolute Gasteiger partial charge is 0.209 e. The number of anilines is 1. The maximum absolute atomic E-state index is 14.0. The van der Waals surface area contributed by atoms with Crippen molar-refractivity contribution in [2.75, 3.05) is 46.2 Å². The number of carbonyl (C=O) groups excluding carboxylic acids is 1. The van der Waals surface area contributed by atoms with Gasteiger partial charge in [-0.1, -0.05) is 48.0 Å². The van der Waals surface area contributed by atoms with Crippen LogP contribution in [0.3, 0.4) is 0 Å². The van der Waals surface area contributed by atoms with Gasteiger partial charge in [-0.25, -0.2) is 5.87 Å². The fourth-order valence-electron chi connectivity index (χ4n) is 6.72. The molecule has 220 valence electrons. The zero-order valence-corrected chi connectivity index (χ0v) is 27.9. The molecule has 0 unspecified atom stereocenters. The van der Waals surface area contributed by atoms with E-state index in [1.165, 1.54) is 11.1 Å². The summed E-state index contributed by atoms with van der Waals surface area (Å²) in [7, 11) is 8.57. The minimum Gasteiger partial charge on any atom is -0.762 e. The first-order chi connectivity index (χ1) is 20.1. The number of benzene rings is 2. The summed E-state index contributed by atoms with van der Waals surface area (Å²) in [5, 5.41) is 20.0. The monoisotopic (exact) mass is 636 g/mol. The van der Waals surface area contributed by atoms with Crippen molar-refractivity contribution in [2.45, 2.75) is 44.9 Å². The Morgan fingerprint density at radius 1 is 1.07 bits per heavy atom. The molecule has 0 aromatic heterocycles.